The van der Waals surface area contributed by atoms with E-state index < -0.39 is 0 Å². The average Bonchev–Trinajstić information content (AvgIpc) is 2.59. The van der Waals surface area contributed by atoms with Gasteiger partial charge in [-0.15, -0.1) is 11.3 Å². The zero-order valence-corrected chi connectivity index (χ0v) is 13.4. The minimum Gasteiger partial charge on any atom is -0.348 e. The van der Waals surface area contributed by atoms with Gasteiger partial charge in [0.25, 0.3) is 0 Å². The van der Waals surface area contributed by atoms with E-state index in [1.54, 1.807) is 11.3 Å². The molecule has 1 aliphatic carbocycles. The molecule has 2 rings (SSSR count). The predicted molar refractivity (Wildman–Crippen MR) is 82.7 cm³/mol. The first kappa shape index (κ1) is 15.4. The molecule has 3 unspecified atom stereocenters. The van der Waals surface area contributed by atoms with Crippen molar-refractivity contribution in [3.8, 4) is 0 Å². The largest absolute Gasteiger partial charge is 0.348 e. The number of nitrogens with zero attached hydrogens (tertiary/aromatic N) is 1. The highest BCUT2D eigenvalue weighted by Gasteiger charge is 2.28. The van der Waals surface area contributed by atoms with Crippen LogP contribution in [-0.4, -0.2) is 16.9 Å². The molecule has 4 nitrogen and oxygen atoms in total. The topological polar surface area (TPSA) is 68.0 Å². The quantitative estimate of drug-likeness (QED) is 0.843. The molecule has 3 atom stereocenters. The molecule has 1 aliphatic rings. The number of carbonyl (C=O) groups excluding carboxylic acids is 1. The van der Waals surface area contributed by atoms with Gasteiger partial charge in [-0.1, -0.05) is 19.3 Å². The fraction of sp³-hybridized carbons (Fsp3) is 0.733. The third-order valence-corrected chi connectivity index (χ3v) is 5.35. The van der Waals surface area contributed by atoms with Crippen LogP contribution in [0.3, 0.4) is 0 Å². The molecule has 1 heterocycles. The van der Waals surface area contributed by atoms with Crippen LogP contribution in [0.15, 0.2) is 0 Å². The lowest BCUT2D eigenvalue weighted by molar-refractivity contribution is -0.126. The second-order valence-corrected chi connectivity index (χ2v) is 7.06. The molecule has 1 fully saturated rings. The number of hydrogen-bond acceptors (Lipinski definition) is 4. The summed E-state index contributed by atoms with van der Waals surface area (Å²) < 4.78 is 0. The van der Waals surface area contributed by atoms with Crippen LogP contribution in [0, 0.1) is 19.8 Å². The Labute approximate surface area is 125 Å². The molecule has 1 saturated carbocycles. The Morgan fingerprint density at radius 2 is 2.05 bits per heavy atom. The van der Waals surface area contributed by atoms with E-state index in [0.29, 0.717) is 0 Å². The van der Waals surface area contributed by atoms with E-state index in [1.165, 1.54) is 6.42 Å². The molecule has 0 aliphatic heterocycles. The molecule has 20 heavy (non-hydrogen) atoms. The lowest BCUT2D eigenvalue weighted by atomic mass is 9.94. The second kappa shape index (κ2) is 6.68. The molecule has 3 N–H and O–H groups in total. The van der Waals surface area contributed by atoms with Gasteiger partial charge in [-0.05, 0) is 33.6 Å². The number of aromatic nitrogens is 1. The lowest BCUT2D eigenvalue weighted by Crippen LogP contribution is -2.42. The standard InChI is InChI=1S/C15H25N3OS/c1-9-14(20-11(3)17-9)10(2)18-15(19)12-7-5-4-6-8-13(12)16/h10,12-13H,4-8,16H2,1-3H3,(H,18,19). The van der Waals surface area contributed by atoms with E-state index >= 15 is 0 Å². The van der Waals surface area contributed by atoms with Crippen LogP contribution in [0.2, 0.25) is 0 Å². The fourth-order valence-electron chi connectivity index (χ4n) is 3.00. The van der Waals surface area contributed by atoms with Crippen LogP contribution in [0.25, 0.3) is 0 Å². The normalized spacial score (nSPS) is 25.0. The maximum Gasteiger partial charge on any atom is 0.225 e. The minimum atomic E-state index is -0.0331. The average molecular weight is 295 g/mol. The van der Waals surface area contributed by atoms with Gasteiger partial charge in [0, 0.05) is 10.9 Å². The number of hydrogen-bond donors (Lipinski definition) is 2. The zero-order chi connectivity index (χ0) is 14.7. The monoisotopic (exact) mass is 295 g/mol. The molecular weight excluding hydrogens is 270 g/mol. The van der Waals surface area contributed by atoms with Gasteiger partial charge >= 0.3 is 0 Å². The number of rotatable bonds is 3. The first-order valence-electron chi connectivity index (χ1n) is 7.49. The van der Waals surface area contributed by atoms with Crippen LogP contribution in [0.4, 0.5) is 0 Å². The van der Waals surface area contributed by atoms with Crippen molar-refractivity contribution in [1.82, 2.24) is 10.3 Å². The van der Waals surface area contributed by atoms with E-state index in [2.05, 4.69) is 10.3 Å². The van der Waals surface area contributed by atoms with E-state index in [1.807, 2.05) is 20.8 Å². The van der Waals surface area contributed by atoms with Crippen molar-refractivity contribution in [3.05, 3.63) is 15.6 Å². The zero-order valence-electron chi connectivity index (χ0n) is 12.6. The molecule has 1 amide bonds. The Bertz CT molecular complexity index is 472. The summed E-state index contributed by atoms with van der Waals surface area (Å²) in [5.41, 5.74) is 7.18. The van der Waals surface area contributed by atoms with Crippen LogP contribution in [0.1, 0.15) is 60.6 Å². The fourth-order valence-corrected chi connectivity index (χ4v) is 3.93. The van der Waals surface area contributed by atoms with Gasteiger partial charge in [0.15, 0.2) is 0 Å². The number of amides is 1. The van der Waals surface area contributed by atoms with Crippen molar-refractivity contribution in [3.63, 3.8) is 0 Å². The minimum absolute atomic E-state index is 0.00833. The molecule has 0 radical (unpaired) electrons. The van der Waals surface area contributed by atoms with E-state index in [-0.39, 0.29) is 23.9 Å². The molecule has 112 valence electrons. The molecular formula is C15H25N3OS. The molecule has 0 bridgehead atoms. The highest BCUT2D eigenvalue weighted by atomic mass is 32.1. The summed E-state index contributed by atoms with van der Waals surface area (Å²) in [5.74, 6) is 0.0756. The molecule has 0 saturated heterocycles. The van der Waals surface area contributed by atoms with E-state index in [4.69, 9.17) is 5.73 Å². The molecule has 1 aromatic heterocycles. The number of carbonyl (C=O) groups is 1. The highest BCUT2D eigenvalue weighted by Crippen LogP contribution is 2.27. The SMILES string of the molecule is Cc1nc(C)c(C(C)NC(=O)C2CCCCCC2N)s1. The second-order valence-electron chi connectivity index (χ2n) is 5.82. The number of nitrogens with one attached hydrogen (secondary N) is 1. The molecule has 0 aromatic carbocycles. The van der Waals surface area contributed by atoms with Crippen molar-refractivity contribution in [2.45, 2.75) is 65.0 Å². The van der Waals surface area contributed by atoms with Gasteiger partial charge in [-0.2, -0.15) is 0 Å². The van der Waals surface area contributed by atoms with Gasteiger partial charge in [0.1, 0.15) is 0 Å². The third-order valence-electron chi connectivity index (χ3n) is 4.10. The van der Waals surface area contributed by atoms with Crippen molar-refractivity contribution in [2.75, 3.05) is 0 Å². The number of nitrogens with two attached hydrogens (primary N) is 1. The molecule has 5 heteroatoms. The first-order valence-corrected chi connectivity index (χ1v) is 8.30. The van der Waals surface area contributed by atoms with Gasteiger partial charge in [-0.25, -0.2) is 4.98 Å². The summed E-state index contributed by atoms with van der Waals surface area (Å²) >= 11 is 1.66. The number of thiazole rings is 1. The Balaban J connectivity index is 2.01. The summed E-state index contributed by atoms with van der Waals surface area (Å²) in [6, 6.07) is 0.0261. The van der Waals surface area contributed by atoms with Crippen molar-refractivity contribution in [1.29, 1.82) is 0 Å². The maximum absolute atomic E-state index is 12.5. The maximum atomic E-state index is 12.5. The van der Waals surface area contributed by atoms with Gasteiger partial charge in [0.2, 0.25) is 5.91 Å². The van der Waals surface area contributed by atoms with Crippen LogP contribution >= 0.6 is 11.3 Å². The smallest absolute Gasteiger partial charge is 0.225 e. The third kappa shape index (κ3) is 3.58. The summed E-state index contributed by atoms with van der Waals surface area (Å²) in [4.78, 5) is 18.0. The van der Waals surface area contributed by atoms with Crippen molar-refractivity contribution in [2.24, 2.45) is 11.7 Å². The first-order chi connectivity index (χ1) is 9.49. The van der Waals surface area contributed by atoms with E-state index in [9.17, 15) is 4.79 Å². The summed E-state index contributed by atoms with van der Waals surface area (Å²) in [6.07, 6.45) is 5.33. The van der Waals surface area contributed by atoms with Crippen LogP contribution in [-0.2, 0) is 4.79 Å². The summed E-state index contributed by atoms with van der Waals surface area (Å²) in [7, 11) is 0. The highest BCUT2D eigenvalue weighted by molar-refractivity contribution is 7.11. The van der Waals surface area contributed by atoms with Crippen molar-refractivity contribution >= 4 is 17.2 Å². The summed E-state index contributed by atoms with van der Waals surface area (Å²) in [5, 5.41) is 4.18. The van der Waals surface area contributed by atoms with Crippen molar-refractivity contribution < 1.29 is 4.79 Å². The molecule has 1 aromatic rings. The molecule has 0 spiro atoms. The van der Waals surface area contributed by atoms with E-state index in [0.717, 1.165) is 41.3 Å². The van der Waals surface area contributed by atoms with Gasteiger partial charge in [-0.3, -0.25) is 4.79 Å². The Morgan fingerprint density at radius 3 is 2.70 bits per heavy atom. The Hall–Kier alpha value is -0.940. The predicted octanol–water partition coefficient (Wildman–Crippen LogP) is 2.84. The number of aryl methyl sites for hydroxylation is 2. The Kier molecular flexibility index (Phi) is 5.16. The van der Waals surface area contributed by atoms with Gasteiger partial charge in [0.05, 0.1) is 22.7 Å². The summed E-state index contributed by atoms with van der Waals surface area (Å²) in [6.45, 7) is 6.02. The van der Waals surface area contributed by atoms with Crippen LogP contribution < -0.4 is 11.1 Å². The Morgan fingerprint density at radius 1 is 1.35 bits per heavy atom. The van der Waals surface area contributed by atoms with Crippen LogP contribution in [0.5, 0.6) is 0 Å². The lowest BCUT2D eigenvalue weighted by Gasteiger charge is -2.23. The van der Waals surface area contributed by atoms with Gasteiger partial charge < -0.3 is 11.1 Å².